The normalized spacial score (nSPS) is 12.6. The molecule has 0 aliphatic rings. The summed E-state index contributed by atoms with van der Waals surface area (Å²) in [7, 11) is 0. The number of halogens is 1. The summed E-state index contributed by atoms with van der Waals surface area (Å²) in [5, 5.41) is 4.15. The van der Waals surface area contributed by atoms with Crippen molar-refractivity contribution in [2.24, 2.45) is 0 Å². The van der Waals surface area contributed by atoms with Crippen LogP contribution < -0.4 is 5.32 Å². The summed E-state index contributed by atoms with van der Waals surface area (Å²) in [4.78, 5) is 5.43. The van der Waals surface area contributed by atoms with E-state index in [0.29, 0.717) is 0 Å². The van der Waals surface area contributed by atoms with Gasteiger partial charge in [0, 0.05) is 16.0 Å². The van der Waals surface area contributed by atoms with Crippen molar-refractivity contribution in [3.8, 4) is 0 Å². The molecule has 0 amide bonds. The third-order valence-corrected chi connectivity index (χ3v) is 4.82. The van der Waals surface area contributed by atoms with E-state index < -0.39 is 0 Å². The van der Waals surface area contributed by atoms with Crippen molar-refractivity contribution in [3.05, 3.63) is 34.6 Å². The molecule has 1 unspecified atom stereocenters. The summed E-state index contributed by atoms with van der Waals surface area (Å²) in [5.74, 6) is 0.816. The fourth-order valence-corrected chi connectivity index (χ4v) is 3.83. The average Bonchev–Trinajstić information content (AvgIpc) is 2.75. The Morgan fingerprint density at radius 2 is 2.26 bits per heavy atom. The smallest absolute Gasteiger partial charge is 0.174 e. The SMILES string of the molecule is CCNC(C)c1ccc(Sc2nc(C)ns2)cc1Cl. The minimum atomic E-state index is 0.264. The minimum Gasteiger partial charge on any atom is -0.310 e. The minimum absolute atomic E-state index is 0.264. The molecule has 19 heavy (non-hydrogen) atoms. The Balaban J connectivity index is 2.14. The molecule has 0 saturated carbocycles. The second-order valence-electron chi connectivity index (χ2n) is 4.17. The van der Waals surface area contributed by atoms with Crippen LogP contribution in [-0.2, 0) is 0 Å². The quantitative estimate of drug-likeness (QED) is 0.892. The fraction of sp³-hybridized carbons (Fsp3) is 0.385. The van der Waals surface area contributed by atoms with Gasteiger partial charge in [-0.2, -0.15) is 4.37 Å². The van der Waals surface area contributed by atoms with Crippen LogP contribution in [0.15, 0.2) is 27.4 Å². The molecule has 102 valence electrons. The number of nitrogens with zero attached hydrogens (tertiary/aromatic N) is 2. The maximum absolute atomic E-state index is 6.35. The van der Waals surface area contributed by atoms with Gasteiger partial charge in [0.25, 0.3) is 0 Å². The van der Waals surface area contributed by atoms with Crippen LogP contribution in [0.3, 0.4) is 0 Å². The van der Waals surface area contributed by atoms with Crippen molar-refractivity contribution in [2.75, 3.05) is 6.54 Å². The Labute approximate surface area is 127 Å². The molecule has 0 fully saturated rings. The van der Waals surface area contributed by atoms with Crippen molar-refractivity contribution in [2.45, 2.75) is 36.0 Å². The summed E-state index contributed by atoms with van der Waals surface area (Å²) < 4.78 is 5.12. The van der Waals surface area contributed by atoms with Crippen LogP contribution in [0.25, 0.3) is 0 Å². The Morgan fingerprint density at radius 3 is 2.84 bits per heavy atom. The highest BCUT2D eigenvalue weighted by atomic mass is 35.5. The topological polar surface area (TPSA) is 37.8 Å². The predicted molar refractivity (Wildman–Crippen MR) is 82.3 cm³/mol. The van der Waals surface area contributed by atoms with E-state index >= 15 is 0 Å². The molecule has 0 spiro atoms. The molecule has 3 nitrogen and oxygen atoms in total. The molecule has 0 aliphatic heterocycles. The molecule has 1 atom stereocenters. The first-order valence-corrected chi connectivity index (χ1v) is 8.08. The summed E-state index contributed by atoms with van der Waals surface area (Å²) in [6.45, 7) is 7.03. The van der Waals surface area contributed by atoms with Crippen LogP contribution in [0.2, 0.25) is 5.02 Å². The Bertz CT molecular complexity index is 557. The van der Waals surface area contributed by atoms with Gasteiger partial charge in [-0.25, -0.2) is 4.98 Å². The van der Waals surface area contributed by atoms with E-state index in [1.807, 2.05) is 13.0 Å². The van der Waals surface area contributed by atoms with E-state index in [2.05, 4.69) is 40.7 Å². The molecule has 2 rings (SSSR count). The van der Waals surface area contributed by atoms with Crippen LogP contribution in [0.4, 0.5) is 0 Å². The van der Waals surface area contributed by atoms with Crippen molar-refractivity contribution in [1.82, 2.24) is 14.7 Å². The summed E-state index contributed by atoms with van der Waals surface area (Å²) in [5.41, 5.74) is 1.13. The Morgan fingerprint density at radius 1 is 1.47 bits per heavy atom. The lowest BCUT2D eigenvalue weighted by Crippen LogP contribution is -2.17. The van der Waals surface area contributed by atoms with Gasteiger partial charge in [-0.05, 0) is 49.6 Å². The van der Waals surface area contributed by atoms with Crippen LogP contribution in [0.5, 0.6) is 0 Å². The van der Waals surface area contributed by atoms with Crippen molar-refractivity contribution in [1.29, 1.82) is 0 Å². The molecule has 0 radical (unpaired) electrons. The van der Waals surface area contributed by atoms with Gasteiger partial charge in [-0.15, -0.1) is 0 Å². The molecule has 0 aliphatic carbocycles. The molecule has 6 heteroatoms. The van der Waals surface area contributed by atoms with Crippen LogP contribution in [0, 0.1) is 6.92 Å². The highest BCUT2D eigenvalue weighted by Gasteiger charge is 2.10. The zero-order valence-electron chi connectivity index (χ0n) is 11.1. The van der Waals surface area contributed by atoms with Gasteiger partial charge in [-0.1, -0.05) is 36.4 Å². The lowest BCUT2D eigenvalue weighted by atomic mass is 10.1. The molecule has 1 aromatic carbocycles. The van der Waals surface area contributed by atoms with E-state index in [1.165, 1.54) is 11.5 Å². The number of hydrogen-bond acceptors (Lipinski definition) is 5. The van der Waals surface area contributed by atoms with Gasteiger partial charge in [0.05, 0.1) is 0 Å². The van der Waals surface area contributed by atoms with Crippen LogP contribution in [0.1, 0.15) is 31.3 Å². The molecular formula is C13H16ClN3S2. The monoisotopic (exact) mass is 313 g/mol. The average molecular weight is 314 g/mol. The maximum Gasteiger partial charge on any atom is 0.174 e. The highest BCUT2D eigenvalue weighted by molar-refractivity contribution is 8.01. The molecular weight excluding hydrogens is 298 g/mol. The zero-order valence-corrected chi connectivity index (χ0v) is 13.5. The van der Waals surface area contributed by atoms with Crippen molar-refractivity contribution >= 4 is 34.9 Å². The van der Waals surface area contributed by atoms with Crippen molar-refractivity contribution < 1.29 is 0 Å². The number of aromatic nitrogens is 2. The zero-order chi connectivity index (χ0) is 13.8. The van der Waals surface area contributed by atoms with Gasteiger partial charge in [-0.3, -0.25) is 0 Å². The third-order valence-electron chi connectivity index (χ3n) is 2.66. The second-order valence-corrected chi connectivity index (χ2v) is 6.65. The Kier molecular flexibility index (Phi) is 5.21. The number of rotatable bonds is 5. The molecule has 1 heterocycles. The van der Waals surface area contributed by atoms with Gasteiger partial charge in [0.2, 0.25) is 0 Å². The largest absolute Gasteiger partial charge is 0.310 e. The van der Waals surface area contributed by atoms with Gasteiger partial charge < -0.3 is 5.32 Å². The molecule has 1 N–H and O–H groups in total. The standard InChI is InChI=1S/C13H16ClN3S2/c1-4-15-8(2)11-6-5-10(7-12(11)14)18-13-16-9(3)17-19-13/h5-8,15H,4H2,1-3H3. The van der Waals surface area contributed by atoms with Crippen LogP contribution >= 0.6 is 34.9 Å². The van der Waals surface area contributed by atoms with Gasteiger partial charge >= 0.3 is 0 Å². The first-order valence-electron chi connectivity index (χ1n) is 6.11. The molecule has 2 aromatic rings. The summed E-state index contributed by atoms with van der Waals surface area (Å²) in [6.07, 6.45) is 0. The number of nitrogens with one attached hydrogen (secondary N) is 1. The first kappa shape index (κ1) is 14.8. The third kappa shape index (κ3) is 3.92. The number of aryl methyl sites for hydroxylation is 1. The predicted octanol–water partition coefficient (Wildman–Crippen LogP) is 4.32. The van der Waals surface area contributed by atoms with E-state index in [9.17, 15) is 0 Å². The van der Waals surface area contributed by atoms with Crippen LogP contribution in [-0.4, -0.2) is 15.9 Å². The van der Waals surface area contributed by atoms with E-state index in [4.69, 9.17) is 11.6 Å². The fourth-order valence-electron chi connectivity index (χ4n) is 1.76. The lowest BCUT2D eigenvalue weighted by molar-refractivity contribution is 0.598. The molecule has 0 bridgehead atoms. The van der Waals surface area contributed by atoms with Crippen molar-refractivity contribution in [3.63, 3.8) is 0 Å². The lowest BCUT2D eigenvalue weighted by Gasteiger charge is -2.14. The van der Waals surface area contributed by atoms with E-state index in [0.717, 1.165) is 32.2 Å². The molecule has 0 saturated heterocycles. The maximum atomic E-state index is 6.35. The number of hydrogen-bond donors (Lipinski definition) is 1. The number of benzene rings is 1. The Hall–Kier alpha value is -0.620. The first-order chi connectivity index (χ1) is 9.10. The highest BCUT2D eigenvalue weighted by Crippen LogP contribution is 2.33. The van der Waals surface area contributed by atoms with Gasteiger partial charge in [0.15, 0.2) is 4.34 Å². The molecule has 1 aromatic heterocycles. The summed E-state index contributed by atoms with van der Waals surface area (Å²) >= 11 is 9.36. The summed E-state index contributed by atoms with van der Waals surface area (Å²) in [6, 6.07) is 6.41. The van der Waals surface area contributed by atoms with Gasteiger partial charge in [0.1, 0.15) is 5.82 Å². The second kappa shape index (κ2) is 6.70. The van der Waals surface area contributed by atoms with E-state index in [-0.39, 0.29) is 6.04 Å². The van der Waals surface area contributed by atoms with E-state index in [1.54, 1.807) is 11.8 Å².